The molecule has 0 aliphatic rings. The van der Waals surface area contributed by atoms with Gasteiger partial charge in [-0.05, 0) is 44.2 Å². The van der Waals surface area contributed by atoms with Crippen LogP contribution < -0.4 is 10.1 Å². The SMILES string of the molecule is Cc1ccc(OCC(C)NC(=O)c2ccc(Cl)cc2F)cc1. The number of benzene rings is 2. The van der Waals surface area contributed by atoms with E-state index < -0.39 is 11.7 Å². The molecule has 2 aromatic carbocycles. The third-order valence-corrected chi connectivity index (χ3v) is 3.31. The Morgan fingerprint density at radius 1 is 1.27 bits per heavy atom. The molecule has 22 heavy (non-hydrogen) atoms. The summed E-state index contributed by atoms with van der Waals surface area (Å²) in [5.41, 5.74) is 1.11. The van der Waals surface area contributed by atoms with Gasteiger partial charge >= 0.3 is 0 Å². The molecule has 3 nitrogen and oxygen atoms in total. The van der Waals surface area contributed by atoms with Crippen molar-refractivity contribution in [2.75, 3.05) is 6.61 Å². The number of carbonyl (C=O) groups excluding carboxylic acids is 1. The third-order valence-electron chi connectivity index (χ3n) is 3.07. The van der Waals surface area contributed by atoms with Crippen LogP contribution in [0.4, 0.5) is 4.39 Å². The molecule has 0 radical (unpaired) electrons. The number of halogens is 2. The standard InChI is InChI=1S/C17H17ClFNO2/c1-11-3-6-14(7-4-11)22-10-12(2)20-17(21)15-8-5-13(18)9-16(15)19/h3-9,12H,10H2,1-2H3,(H,20,21). The summed E-state index contributed by atoms with van der Waals surface area (Å²) in [6.45, 7) is 4.08. The fraction of sp³-hybridized carbons (Fsp3) is 0.235. The Morgan fingerprint density at radius 3 is 2.59 bits per heavy atom. The van der Waals surface area contributed by atoms with Gasteiger partial charge in [0.1, 0.15) is 18.2 Å². The Kier molecular flexibility index (Phi) is 5.39. The lowest BCUT2D eigenvalue weighted by Gasteiger charge is -2.15. The lowest BCUT2D eigenvalue weighted by molar-refractivity contribution is 0.0922. The first-order valence-electron chi connectivity index (χ1n) is 6.91. The molecule has 1 N–H and O–H groups in total. The van der Waals surface area contributed by atoms with Crippen LogP contribution in [-0.4, -0.2) is 18.6 Å². The topological polar surface area (TPSA) is 38.3 Å². The number of amides is 1. The lowest BCUT2D eigenvalue weighted by Crippen LogP contribution is -2.37. The van der Waals surface area contributed by atoms with Gasteiger partial charge in [0.05, 0.1) is 11.6 Å². The summed E-state index contributed by atoms with van der Waals surface area (Å²) in [5, 5.41) is 2.95. The largest absolute Gasteiger partial charge is 0.491 e. The van der Waals surface area contributed by atoms with E-state index in [1.54, 1.807) is 6.92 Å². The third kappa shape index (κ3) is 4.46. The van der Waals surface area contributed by atoms with Crippen LogP contribution in [0.25, 0.3) is 0 Å². The van der Waals surface area contributed by atoms with Crippen molar-refractivity contribution in [3.63, 3.8) is 0 Å². The number of ether oxygens (including phenoxy) is 1. The predicted octanol–water partition coefficient (Wildman–Crippen LogP) is 3.98. The van der Waals surface area contributed by atoms with Crippen molar-refractivity contribution >= 4 is 17.5 Å². The second-order valence-electron chi connectivity index (χ2n) is 5.12. The monoisotopic (exact) mass is 321 g/mol. The molecule has 0 fully saturated rings. The smallest absolute Gasteiger partial charge is 0.254 e. The van der Waals surface area contributed by atoms with E-state index in [9.17, 15) is 9.18 Å². The van der Waals surface area contributed by atoms with Gasteiger partial charge in [0.15, 0.2) is 0 Å². The fourth-order valence-corrected chi connectivity index (χ4v) is 2.03. The molecule has 5 heteroatoms. The Labute approximate surface area is 134 Å². The molecule has 1 unspecified atom stereocenters. The molecule has 0 saturated carbocycles. The molecule has 1 atom stereocenters. The highest BCUT2D eigenvalue weighted by molar-refractivity contribution is 6.30. The van der Waals surface area contributed by atoms with Gasteiger partial charge in [0, 0.05) is 5.02 Å². The average molecular weight is 322 g/mol. The lowest BCUT2D eigenvalue weighted by atomic mass is 10.2. The fourth-order valence-electron chi connectivity index (χ4n) is 1.87. The van der Waals surface area contributed by atoms with E-state index in [1.165, 1.54) is 12.1 Å². The quantitative estimate of drug-likeness (QED) is 0.904. The molecule has 0 spiro atoms. The molecule has 0 bridgehead atoms. The van der Waals surface area contributed by atoms with Crippen LogP contribution in [0.2, 0.25) is 5.02 Å². The van der Waals surface area contributed by atoms with Crippen LogP contribution in [0.1, 0.15) is 22.8 Å². The molecule has 2 aromatic rings. The van der Waals surface area contributed by atoms with Gasteiger partial charge in [0.2, 0.25) is 0 Å². The number of hydrogen-bond donors (Lipinski definition) is 1. The van der Waals surface area contributed by atoms with Gasteiger partial charge in [-0.2, -0.15) is 0 Å². The first-order chi connectivity index (χ1) is 10.5. The van der Waals surface area contributed by atoms with E-state index in [0.717, 1.165) is 17.4 Å². The summed E-state index contributed by atoms with van der Waals surface area (Å²) in [6.07, 6.45) is 0. The second-order valence-corrected chi connectivity index (χ2v) is 5.56. The minimum Gasteiger partial charge on any atom is -0.491 e. The number of carbonyl (C=O) groups is 1. The summed E-state index contributed by atoms with van der Waals surface area (Å²) < 4.78 is 19.2. The van der Waals surface area contributed by atoms with Crippen LogP contribution >= 0.6 is 11.6 Å². The van der Waals surface area contributed by atoms with E-state index in [1.807, 2.05) is 31.2 Å². The molecule has 0 aliphatic heterocycles. The van der Waals surface area contributed by atoms with Crippen molar-refractivity contribution in [3.05, 3.63) is 64.4 Å². The van der Waals surface area contributed by atoms with Crippen molar-refractivity contribution in [1.82, 2.24) is 5.32 Å². The van der Waals surface area contributed by atoms with E-state index in [4.69, 9.17) is 16.3 Å². The highest BCUT2D eigenvalue weighted by Gasteiger charge is 2.14. The van der Waals surface area contributed by atoms with E-state index in [-0.39, 0.29) is 16.6 Å². The van der Waals surface area contributed by atoms with Gasteiger partial charge in [-0.1, -0.05) is 29.3 Å². The molecule has 0 aliphatic carbocycles. The zero-order valence-corrected chi connectivity index (χ0v) is 13.2. The summed E-state index contributed by atoms with van der Waals surface area (Å²) in [5.74, 6) is -0.407. The maximum Gasteiger partial charge on any atom is 0.254 e. The van der Waals surface area contributed by atoms with Crippen LogP contribution in [0, 0.1) is 12.7 Å². The van der Waals surface area contributed by atoms with E-state index in [0.29, 0.717) is 6.61 Å². The van der Waals surface area contributed by atoms with Crippen molar-refractivity contribution in [2.45, 2.75) is 19.9 Å². The minimum absolute atomic E-state index is 0.0356. The maximum absolute atomic E-state index is 13.7. The van der Waals surface area contributed by atoms with Crippen LogP contribution in [-0.2, 0) is 0 Å². The average Bonchev–Trinajstić information content (AvgIpc) is 2.46. The zero-order chi connectivity index (χ0) is 16.1. The Balaban J connectivity index is 1.89. The summed E-state index contributed by atoms with van der Waals surface area (Å²) in [7, 11) is 0. The normalized spacial score (nSPS) is 11.8. The first-order valence-corrected chi connectivity index (χ1v) is 7.29. The Morgan fingerprint density at radius 2 is 1.95 bits per heavy atom. The summed E-state index contributed by atoms with van der Waals surface area (Å²) in [6, 6.07) is 11.3. The van der Waals surface area contributed by atoms with E-state index >= 15 is 0 Å². The summed E-state index contributed by atoms with van der Waals surface area (Å²) >= 11 is 5.66. The molecule has 0 saturated heterocycles. The van der Waals surface area contributed by atoms with Crippen molar-refractivity contribution in [3.8, 4) is 5.75 Å². The van der Waals surface area contributed by atoms with Crippen molar-refractivity contribution < 1.29 is 13.9 Å². The summed E-state index contributed by atoms with van der Waals surface area (Å²) in [4.78, 5) is 12.0. The molecular formula is C17H17ClFNO2. The van der Waals surface area contributed by atoms with E-state index in [2.05, 4.69) is 5.32 Å². The number of rotatable bonds is 5. The van der Waals surface area contributed by atoms with Gasteiger partial charge in [0.25, 0.3) is 5.91 Å². The molecular weight excluding hydrogens is 305 g/mol. The van der Waals surface area contributed by atoms with Gasteiger partial charge < -0.3 is 10.1 Å². The first kappa shape index (κ1) is 16.3. The van der Waals surface area contributed by atoms with Crippen LogP contribution in [0.3, 0.4) is 0 Å². The van der Waals surface area contributed by atoms with Gasteiger partial charge in [-0.3, -0.25) is 4.79 Å². The number of aryl methyl sites for hydroxylation is 1. The number of nitrogens with one attached hydrogen (secondary N) is 1. The highest BCUT2D eigenvalue weighted by Crippen LogP contribution is 2.15. The Bertz CT molecular complexity index is 658. The molecule has 0 aromatic heterocycles. The molecule has 116 valence electrons. The van der Waals surface area contributed by atoms with Crippen molar-refractivity contribution in [1.29, 1.82) is 0 Å². The molecule has 2 rings (SSSR count). The second kappa shape index (κ2) is 7.27. The van der Waals surface area contributed by atoms with Crippen molar-refractivity contribution in [2.24, 2.45) is 0 Å². The molecule has 1 amide bonds. The van der Waals surface area contributed by atoms with Crippen LogP contribution in [0.15, 0.2) is 42.5 Å². The van der Waals surface area contributed by atoms with Crippen LogP contribution in [0.5, 0.6) is 5.75 Å². The Hall–Kier alpha value is -2.07. The zero-order valence-electron chi connectivity index (χ0n) is 12.4. The molecule has 0 heterocycles. The maximum atomic E-state index is 13.7. The highest BCUT2D eigenvalue weighted by atomic mass is 35.5. The predicted molar refractivity (Wildman–Crippen MR) is 85.0 cm³/mol. The van der Waals surface area contributed by atoms with Gasteiger partial charge in [-0.25, -0.2) is 4.39 Å². The number of hydrogen-bond acceptors (Lipinski definition) is 2. The van der Waals surface area contributed by atoms with Gasteiger partial charge in [-0.15, -0.1) is 0 Å². The minimum atomic E-state index is -0.642.